The van der Waals surface area contributed by atoms with Gasteiger partial charge in [-0.05, 0) is 64.7 Å². The van der Waals surface area contributed by atoms with E-state index in [1.54, 1.807) is 0 Å². The molecule has 0 heterocycles. The average Bonchev–Trinajstić information content (AvgIpc) is 2.87. The SMILES string of the molecule is CCc1ccc(C#Cc2c3ccccc3c(C#Cc3ccc(C)cc3)c3ccccc23)cc1. The Morgan fingerprint density at radius 2 is 0.879 bits per heavy atom. The number of fused-ring (bicyclic) bond motifs is 2. The Kier molecular flexibility index (Phi) is 5.68. The lowest BCUT2D eigenvalue weighted by Gasteiger charge is -2.10. The van der Waals surface area contributed by atoms with E-state index in [-0.39, 0.29) is 0 Å². The topological polar surface area (TPSA) is 0 Å². The molecule has 0 heteroatoms. The number of benzene rings is 5. The van der Waals surface area contributed by atoms with Crippen molar-refractivity contribution in [3.8, 4) is 23.7 Å². The van der Waals surface area contributed by atoms with Crippen molar-refractivity contribution < 1.29 is 0 Å². The van der Waals surface area contributed by atoms with E-state index in [0.29, 0.717) is 0 Å². The highest BCUT2D eigenvalue weighted by Gasteiger charge is 2.11. The van der Waals surface area contributed by atoms with Crippen molar-refractivity contribution in [1.82, 2.24) is 0 Å². The molecule has 0 unspecified atom stereocenters. The molecule has 156 valence electrons. The molecular formula is C33H24. The van der Waals surface area contributed by atoms with E-state index in [0.717, 1.165) is 50.2 Å². The normalized spacial score (nSPS) is 10.4. The van der Waals surface area contributed by atoms with Gasteiger partial charge >= 0.3 is 0 Å². The largest absolute Gasteiger partial charge is 0.0616 e. The third-order valence-corrected chi connectivity index (χ3v) is 6.01. The Hall–Kier alpha value is -4.26. The van der Waals surface area contributed by atoms with Crippen LogP contribution in [0.3, 0.4) is 0 Å². The fraction of sp³-hybridized carbons (Fsp3) is 0.0909. The van der Waals surface area contributed by atoms with E-state index in [1.807, 2.05) is 0 Å². The minimum atomic E-state index is 1.02. The molecule has 33 heavy (non-hydrogen) atoms. The highest BCUT2D eigenvalue weighted by molar-refractivity contribution is 6.09. The highest BCUT2D eigenvalue weighted by Crippen LogP contribution is 2.32. The summed E-state index contributed by atoms with van der Waals surface area (Å²) < 4.78 is 0. The second kappa shape index (κ2) is 9.08. The zero-order valence-electron chi connectivity index (χ0n) is 18.9. The standard InChI is InChI=1S/C33H24/c1-3-25-16-18-27(19-17-25)21-23-33-30-10-6-4-8-28(30)32(29-9-5-7-11-31(29)33)22-20-26-14-12-24(2)13-15-26/h4-19H,3H2,1-2H3. The fourth-order valence-electron chi connectivity index (χ4n) is 4.13. The van der Waals surface area contributed by atoms with Gasteiger partial charge in [0.2, 0.25) is 0 Å². The Labute approximate surface area is 195 Å². The van der Waals surface area contributed by atoms with Crippen molar-refractivity contribution in [2.45, 2.75) is 20.3 Å². The molecule has 0 saturated carbocycles. The van der Waals surface area contributed by atoms with E-state index in [2.05, 4.69) is 135 Å². The van der Waals surface area contributed by atoms with Crippen LogP contribution >= 0.6 is 0 Å². The van der Waals surface area contributed by atoms with E-state index >= 15 is 0 Å². The smallest absolute Gasteiger partial charge is 0.0406 e. The van der Waals surface area contributed by atoms with E-state index < -0.39 is 0 Å². The molecule has 0 bridgehead atoms. The molecule has 0 radical (unpaired) electrons. The number of hydrogen-bond acceptors (Lipinski definition) is 0. The predicted molar refractivity (Wildman–Crippen MR) is 140 cm³/mol. The molecule has 0 aromatic heterocycles. The number of hydrogen-bond donors (Lipinski definition) is 0. The molecule has 0 aliphatic rings. The highest BCUT2D eigenvalue weighted by atomic mass is 14.1. The van der Waals surface area contributed by atoms with Crippen LogP contribution < -0.4 is 0 Å². The van der Waals surface area contributed by atoms with Crippen LogP contribution in [0, 0.1) is 30.6 Å². The predicted octanol–water partition coefficient (Wildman–Crippen LogP) is 7.66. The van der Waals surface area contributed by atoms with E-state index in [9.17, 15) is 0 Å². The molecule has 0 fully saturated rings. The first-order chi connectivity index (χ1) is 16.2. The lowest BCUT2D eigenvalue weighted by atomic mass is 9.92. The summed E-state index contributed by atoms with van der Waals surface area (Å²) in [4.78, 5) is 0. The lowest BCUT2D eigenvalue weighted by molar-refractivity contribution is 1.14. The quantitative estimate of drug-likeness (QED) is 0.193. The summed E-state index contributed by atoms with van der Waals surface area (Å²) in [5, 5.41) is 4.56. The molecule has 0 atom stereocenters. The van der Waals surface area contributed by atoms with Crippen LogP contribution in [0.25, 0.3) is 21.5 Å². The van der Waals surface area contributed by atoms with Gasteiger partial charge in [-0.3, -0.25) is 0 Å². The van der Waals surface area contributed by atoms with Gasteiger partial charge in [-0.2, -0.15) is 0 Å². The minimum absolute atomic E-state index is 1.02. The molecule has 0 aliphatic carbocycles. The maximum absolute atomic E-state index is 3.49. The lowest BCUT2D eigenvalue weighted by Crippen LogP contribution is -1.90. The van der Waals surface area contributed by atoms with Gasteiger partial charge in [0, 0.05) is 22.3 Å². The van der Waals surface area contributed by atoms with Gasteiger partial charge < -0.3 is 0 Å². The molecule has 5 aromatic rings. The van der Waals surface area contributed by atoms with Crippen LogP contribution in [-0.2, 0) is 6.42 Å². The molecule has 5 rings (SSSR count). The van der Waals surface area contributed by atoms with Gasteiger partial charge in [0.25, 0.3) is 0 Å². The Morgan fingerprint density at radius 1 is 0.485 bits per heavy atom. The summed E-state index contributed by atoms with van der Waals surface area (Å²) in [6.45, 7) is 4.26. The van der Waals surface area contributed by atoms with Crippen LogP contribution in [0.1, 0.15) is 40.3 Å². The van der Waals surface area contributed by atoms with Crippen molar-refractivity contribution in [2.75, 3.05) is 0 Å². The average molecular weight is 421 g/mol. The van der Waals surface area contributed by atoms with Gasteiger partial charge in [0.1, 0.15) is 0 Å². The third-order valence-electron chi connectivity index (χ3n) is 6.01. The first-order valence-corrected chi connectivity index (χ1v) is 11.4. The van der Waals surface area contributed by atoms with Gasteiger partial charge in [0.05, 0.1) is 0 Å². The van der Waals surface area contributed by atoms with Crippen LogP contribution in [-0.4, -0.2) is 0 Å². The van der Waals surface area contributed by atoms with Crippen LogP contribution in [0.5, 0.6) is 0 Å². The number of aryl methyl sites for hydroxylation is 2. The van der Waals surface area contributed by atoms with Crippen molar-refractivity contribution in [1.29, 1.82) is 0 Å². The van der Waals surface area contributed by atoms with Crippen molar-refractivity contribution in [3.05, 3.63) is 130 Å². The molecule has 0 nitrogen and oxygen atoms in total. The van der Waals surface area contributed by atoms with Crippen molar-refractivity contribution >= 4 is 21.5 Å². The maximum Gasteiger partial charge on any atom is 0.0406 e. The van der Waals surface area contributed by atoms with E-state index in [4.69, 9.17) is 0 Å². The Morgan fingerprint density at radius 3 is 1.27 bits per heavy atom. The Balaban J connectivity index is 1.72. The fourth-order valence-corrected chi connectivity index (χ4v) is 4.13. The van der Waals surface area contributed by atoms with Gasteiger partial charge in [-0.15, -0.1) is 0 Å². The van der Waals surface area contributed by atoms with Gasteiger partial charge in [0.15, 0.2) is 0 Å². The maximum atomic E-state index is 3.49. The summed E-state index contributed by atoms with van der Waals surface area (Å²) in [7, 11) is 0. The molecule has 0 spiro atoms. The van der Waals surface area contributed by atoms with Crippen LogP contribution in [0.15, 0.2) is 97.1 Å². The summed E-state index contributed by atoms with van der Waals surface area (Å²) in [6.07, 6.45) is 1.04. The Bertz CT molecular complexity index is 1520. The molecule has 0 aliphatic heterocycles. The van der Waals surface area contributed by atoms with Crippen molar-refractivity contribution in [3.63, 3.8) is 0 Å². The van der Waals surface area contributed by atoms with E-state index in [1.165, 1.54) is 11.1 Å². The molecule has 0 saturated heterocycles. The van der Waals surface area contributed by atoms with Crippen molar-refractivity contribution in [2.24, 2.45) is 0 Å². The zero-order valence-corrected chi connectivity index (χ0v) is 18.9. The summed E-state index contributed by atoms with van der Waals surface area (Å²) in [5.74, 6) is 13.7. The zero-order chi connectivity index (χ0) is 22.6. The molecule has 0 amide bonds. The number of rotatable bonds is 1. The summed E-state index contributed by atoms with van der Waals surface area (Å²) in [6, 6.07) is 33.8. The monoisotopic (exact) mass is 420 g/mol. The van der Waals surface area contributed by atoms with Gasteiger partial charge in [-0.1, -0.05) is 109 Å². The third kappa shape index (κ3) is 4.25. The molecular weight excluding hydrogens is 396 g/mol. The molecule has 5 aromatic carbocycles. The second-order valence-electron chi connectivity index (χ2n) is 8.26. The summed E-state index contributed by atoms with van der Waals surface area (Å²) >= 11 is 0. The summed E-state index contributed by atoms with van der Waals surface area (Å²) in [5.41, 5.74) is 6.73. The molecule has 0 N–H and O–H groups in total. The first kappa shape index (κ1) is 20.6. The van der Waals surface area contributed by atoms with Gasteiger partial charge in [-0.25, -0.2) is 0 Å². The first-order valence-electron chi connectivity index (χ1n) is 11.4. The van der Waals surface area contributed by atoms with Crippen LogP contribution in [0.4, 0.5) is 0 Å². The second-order valence-corrected chi connectivity index (χ2v) is 8.26. The van der Waals surface area contributed by atoms with Crippen LogP contribution in [0.2, 0.25) is 0 Å². The minimum Gasteiger partial charge on any atom is -0.0616 e.